The van der Waals surface area contributed by atoms with Gasteiger partial charge in [0.25, 0.3) is 0 Å². The van der Waals surface area contributed by atoms with Crippen LogP contribution in [0.2, 0.25) is 0 Å². The van der Waals surface area contributed by atoms with Crippen LogP contribution < -0.4 is 15.4 Å². The normalized spacial score (nSPS) is 17.3. The zero-order valence-corrected chi connectivity index (χ0v) is 15.2. The van der Waals surface area contributed by atoms with E-state index in [0.29, 0.717) is 30.9 Å². The van der Waals surface area contributed by atoms with Crippen LogP contribution in [0.5, 0.6) is 5.75 Å². The van der Waals surface area contributed by atoms with Crippen molar-refractivity contribution in [2.75, 3.05) is 31.6 Å². The van der Waals surface area contributed by atoms with Crippen LogP contribution in [0.3, 0.4) is 0 Å². The summed E-state index contributed by atoms with van der Waals surface area (Å²) in [6.45, 7) is 3.08. The molecule has 2 aromatic carbocycles. The Morgan fingerprint density at radius 1 is 1.15 bits per heavy atom. The first-order chi connectivity index (χ1) is 13.3. The van der Waals surface area contributed by atoms with E-state index in [1.807, 2.05) is 36.4 Å². The first-order valence-corrected chi connectivity index (χ1v) is 9.43. The van der Waals surface area contributed by atoms with Gasteiger partial charge in [0.05, 0.1) is 19.8 Å². The molecule has 142 valence electrons. The van der Waals surface area contributed by atoms with E-state index in [1.165, 1.54) is 6.07 Å². The second kappa shape index (κ2) is 8.39. The fourth-order valence-electron chi connectivity index (χ4n) is 3.28. The summed E-state index contributed by atoms with van der Waals surface area (Å²) in [6, 6.07) is 13.1. The van der Waals surface area contributed by atoms with Crippen LogP contribution in [-0.4, -0.2) is 38.4 Å². The van der Waals surface area contributed by atoms with E-state index in [-0.39, 0.29) is 11.9 Å². The zero-order valence-electron chi connectivity index (χ0n) is 15.2. The molecule has 4 rings (SSSR count). The Morgan fingerprint density at radius 3 is 2.67 bits per heavy atom. The zero-order chi connectivity index (χ0) is 18.5. The maximum absolute atomic E-state index is 14.5. The van der Waals surface area contributed by atoms with Gasteiger partial charge in [-0.05, 0) is 29.3 Å². The lowest BCUT2D eigenvalue weighted by Gasteiger charge is -2.23. The van der Waals surface area contributed by atoms with Crippen molar-refractivity contribution in [3.63, 3.8) is 0 Å². The summed E-state index contributed by atoms with van der Waals surface area (Å²) < 4.78 is 25.7. The molecule has 0 atom stereocenters. The van der Waals surface area contributed by atoms with E-state index >= 15 is 0 Å². The van der Waals surface area contributed by atoms with E-state index < -0.39 is 0 Å². The molecule has 0 amide bonds. The van der Waals surface area contributed by atoms with Crippen LogP contribution in [-0.2, 0) is 11.2 Å². The Hall–Kier alpha value is -2.60. The Labute approximate surface area is 158 Å². The third-order valence-corrected chi connectivity index (χ3v) is 4.78. The van der Waals surface area contributed by atoms with Crippen molar-refractivity contribution in [3.8, 4) is 5.75 Å². The topological polar surface area (TPSA) is 54.9 Å². The monoisotopic (exact) mass is 369 g/mol. The number of nitrogens with one attached hydrogen (secondary N) is 2. The lowest BCUT2D eigenvalue weighted by atomic mass is 10.0. The van der Waals surface area contributed by atoms with Crippen LogP contribution in [0.1, 0.15) is 24.0 Å². The molecule has 0 saturated carbocycles. The number of nitrogens with zero attached hydrogens (tertiary/aromatic N) is 1. The molecule has 0 aromatic heterocycles. The summed E-state index contributed by atoms with van der Waals surface area (Å²) in [6.07, 6.45) is 2.36. The van der Waals surface area contributed by atoms with Gasteiger partial charge in [0.1, 0.15) is 17.7 Å². The van der Waals surface area contributed by atoms with Gasteiger partial charge in [-0.1, -0.05) is 18.2 Å². The van der Waals surface area contributed by atoms with Crippen molar-refractivity contribution in [1.29, 1.82) is 0 Å². The van der Waals surface area contributed by atoms with Gasteiger partial charge in [0.15, 0.2) is 5.96 Å². The largest absolute Gasteiger partial charge is 0.490 e. The van der Waals surface area contributed by atoms with Crippen LogP contribution in [0, 0.1) is 5.82 Å². The first-order valence-electron chi connectivity index (χ1n) is 9.43. The van der Waals surface area contributed by atoms with Crippen LogP contribution in [0.4, 0.5) is 10.1 Å². The predicted molar refractivity (Wildman–Crippen MR) is 104 cm³/mol. The lowest BCUT2D eigenvalue weighted by Crippen LogP contribution is -2.26. The number of hydrogen-bond acceptors (Lipinski definition) is 5. The molecule has 1 fully saturated rings. The van der Waals surface area contributed by atoms with Crippen molar-refractivity contribution < 1.29 is 13.9 Å². The molecule has 0 bridgehead atoms. The highest BCUT2D eigenvalue weighted by Crippen LogP contribution is 2.23. The molecule has 5 nitrogen and oxygen atoms in total. The van der Waals surface area contributed by atoms with Crippen LogP contribution in [0.15, 0.2) is 47.5 Å². The minimum atomic E-state index is -0.230. The van der Waals surface area contributed by atoms with Gasteiger partial charge in [-0.2, -0.15) is 0 Å². The van der Waals surface area contributed by atoms with Gasteiger partial charge in [-0.25, -0.2) is 4.39 Å². The molecule has 6 heteroatoms. The summed E-state index contributed by atoms with van der Waals surface area (Å²) in [5.41, 5.74) is 2.68. The molecule has 0 spiro atoms. The van der Waals surface area contributed by atoms with Crippen LogP contribution in [0.25, 0.3) is 0 Å². The molecule has 2 N–H and O–H groups in total. The lowest BCUT2D eigenvalue weighted by molar-refractivity contribution is 0.0254. The van der Waals surface area contributed by atoms with Crippen molar-refractivity contribution in [1.82, 2.24) is 5.32 Å². The highest BCUT2D eigenvalue weighted by atomic mass is 19.1. The summed E-state index contributed by atoms with van der Waals surface area (Å²) in [5, 5.41) is 6.40. The van der Waals surface area contributed by atoms with Crippen LogP contribution >= 0.6 is 0 Å². The maximum atomic E-state index is 14.5. The van der Waals surface area contributed by atoms with E-state index in [2.05, 4.69) is 15.6 Å². The standard InChI is InChI=1S/C21H24FN3O2/c22-20-14-19(27-18-7-11-26-12-8-18)6-3-16(20)13-15-1-4-17(5-2-15)25-21-23-9-10-24-21/h1-6,14,18H,7-13H2,(H2,23,24,25). The molecule has 0 aliphatic carbocycles. The number of rotatable bonds is 5. The number of ether oxygens (including phenoxy) is 2. The molecular weight excluding hydrogens is 345 g/mol. The molecule has 27 heavy (non-hydrogen) atoms. The third kappa shape index (κ3) is 4.77. The quantitative estimate of drug-likeness (QED) is 0.849. The Kier molecular flexibility index (Phi) is 5.53. The highest BCUT2D eigenvalue weighted by molar-refractivity contribution is 5.94. The SMILES string of the molecule is Fc1cc(OC2CCOCC2)ccc1Cc1ccc(NC2=NCCN2)cc1. The third-order valence-electron chi connectivity index (χ3n) is 4.78. The number of hydrogen-bond donors (Lipinski definition) is 2. The van der Waals surface area contributed by atoms with E-state index in [4.69, 9.17) is 9.47 Å². The van der Waals surface area contributed by atoms with E-state index in [0.717, 1.165) is 43.1 Å². The van der Waals surface area contributed by atoms with Gasteiger partial charge in [0, 0.05) is 37.6 Å². The Morgan fingerprint density at radius 2 is 1.96 bits per heavy atom. The minimum absolute atomic E-state index is 0.114. The molecule has 0 radical (unpaired) electrons. The molecule has 2 aliphatic heterocycles. The first kappa shape index (κ1) is 17.8. The molecule has 2 heterocycles. The van der Waals surface area contributed by atoms with Crippen molar-refractivity contribution in [2.24, 2.45) is 4.99 Å². The molecule has 1 saturated heterocycles. The van der Waals surface area contributed by atoms with Gasteiger partial charge in [-0.3, -0.25) is 4.99 Å². The van der Waals surface area contributed by atoms with Gasteiger partial charge in [-0.15, -0.1) is 0 Å². The second-order valence-corrected chi connectivity index (χ2v) is 6.84. The number of benzene rings is 2. The number of halogens is 1. The van der Waals surface area contributed by atoms with Gasteiger partial charge < -0.3 is 20.1 Å². The molecule has 2 aromatic rings. The Bertz CT molecular complexity index is 802. The molecule has 0 unspecified atom stereocenters. The average molecular weight is 369 g/mol. The minimum Gasteiger partial charge on any atom is -0.490 e. The summed E-state index contributed by atoms with van der Waals surface area (Å²) >= 11 is 0. The Balaban J connectivity index is 1.37. The number of aliphatic imine (C=N–C) groups is 1. The predicted octanol–water partition coefficient (Wildman–Crippen LogP) is 3.35. The second-order valence-electron chi connectivity index (χ2n) is 6.84. The van der Waals surface area contributed by atoms with Crippen molar-refractivity contribution >= 4 is 11.6 Å². The fourth-order valence-corrected chi connectivity index (χ4v) is 3.28. The molecular formula is C21H24FN3O2. The van der Waals surface area contributed by atoms with Gasteiger partial charge in [0.2, 0.25) is 0 Å². The number of guanidine groups is 1. The van der Waals surface area contributed by atoms with E-state index in [9.17, 15) is 4.39 Å². The number of anilines is 1. The summed E-state index contributed by atoms with van der Waals surface area (Å²) in [5.74, 6) is 1.16. The van der Waals surface area contributed by atoms with Crippen molar-refractivity contribution in [3.05, 3.63) is 59.4 Å². The maximum Gasteiger partial charge on any atom is 0.195 e. The molecule has 2 aliphatic rings. The summed E-state index contributed by atoms with van der Waals surface area (Å²) in [4.78, 5) is 4.31. The van der Waals surface area contributed by atoms with E-state index in [1.54, 1.807) is 0 Å². The smallest absolute Gasteiger partial charge is 0.195 e. The fraction of sp³-hybridized carbons (Fsp3) is 0.381. The van der Waals surface area contributed by atoms with Gasteiger partial charge >= 0.3 is 0 Å². The summed E-state index contributed by atoms with van der Waals surface area (Å²) in [7, 11) is 0. The van der Waals surface area contributed by atoms with Crippen molar-refractivity contribution in [2.45, 2.75) is 25.4 Å². The average Bonchev–Trinajstić information content (AvgIpc) is 3.19. The highest BCUT2D eigenvalue weighted by Gasteiger charge is 2.16.